The second-order valence-electron chi connectivity index (χ2n) is 4.32. The number of hydrogen-bond donors (Lipinski definition) is 2. The third kappa shape index (κ3) is 5.59. The summed E-state index contributed by atoms with van der Waals surface area (Å²) in [5.74, 6) is 6.68. The van der Waals surface area contributed by atoms with Crippen molar-refractivity contribution >= 4 is 11.8 Å². The summed E-state index contributed by atoms with van der Waals surface area (Å²) in [5.41, 5.74) is 2.91. The van der Waals surface area contributed by atoms with Gasteiger partial charge in [0.1, 0.15) is 0 Å². The molecule has 3 N–H and O–H groups in total. The van der Waals surface area contributed by atoms with E-state index in [9.17, 15) is 0 Å². The van der Waals surface area contributed by atoms with Gasteiger partial charge in [-0.25, -0.2) is 0 Å². The molecule has 1 fully saturated rings. The van der Waals surface area contributed by atoms with Crippen LogP contribution in [0, 0.1) is 0 Å². The molecule has 0 aliphatic heterocycles. The van der Waals surface area contributed by atoms with Crippen molar-refractivity contribution in [2.45, 2.75) is 56.2 Å². The molecule has 1 rings (SSSR count). The summed E-state index contributed by atoms with van der Waals surface area (Å²) in [4.78, 5) is 0. The third-order valence-corrected chi connectivity index (χ3v) is 4.58. The van der Waals surface area contributed by atoms with E-state index < -0.39 is 0 Å². The summed E-state index contributed by atoms with van der Waals surface area (Å²) in [7, 11) is 0. The first-order valence-electron chi connectivity index (χ1n) is 6.05. The fourth-order valence-electron chi connectivity index (χ4n) is 2.02. The third-order valence-electron chi connectivity index (χ3n) is 3.04. The number of nitrogens with one attached hydrogen (secondary N) is 1. The second-order valence-corrected chi connectivity index (χ2v) is 5.66. The highest BCUT2D eigenvalue weighted by Crippen LogP contribution is 2.28. The highest BCUT2D eigenvalue weighted by atomic mass is 32.2. The van der Waals surface area contributed by atoms with E-state index in [0.29, 0.717) is 6.04 Å². The van der Waals surface area contributed by atoms with Crippen LogP contribution in [0.5, 0.6) is 0 Å². The molecule has 0 aromatic carbocycles. The summed E-state index contributed by atoms with van der Waals surface area (Å²) >= 11 is 2.10. The summed E-state index contributed by atoms with van der Waals surface area (Å²) in [5, 5.41) is 0.887. The van der Waals surface area contributed by atoms with Crippen LogP contribution in [0.1, 0.15) is 44.9 Å². The molecule has 0 bridgehead atoms. The Morgan fingerprint density at radius 3 is 2.73 bits per heavy atom. The molecule has 3 heteroatoms. The number of hydrazine groups is 1. The van der Waals surface area contributed by atoms with E-state index in [-0.39, 0.29) is 0 Å². The summed E-state index contributed by atoms with van der Waals surface area (Å²) in [6.45, 7) is 3.74. The van der Waals surface area contributed by atoms with Gasteiger partial charge >= 0.3 is 0 Å². The van der Waals surface area contributed by atoms with E-state index in [4.69, 9.17) is 5.84 Å². The lowest BCUT2D eigenvalue weighted by atomic mass is 10.0. The highest BCUT2D eigenvalue weighted by molar-refractivity contribution is 7.99. The van der Waals surface area contributed by atoms with Crippen molar-refractivity contribution in [3.8, 4) is 0 Å². The van der Waals surface area contributed by atoms with Gasteiger partial charge in [-0.1, -0.05) is 25.3 Å². The minimum atomic E-state index is 0.454. The monoisotopic (exact) mass is 228 g/mol. The topological polar surface area (TPSA) is 38.0 Å². The van der Waals surface area contributed by atoms with Crippen LogP contribution >= 0.6 is 11.8 Å². The number of rotatable bonds is 7. The van der Waals surface area contributed by atoms with Gasteiger partial charge in [-0.05, 0) is 25.7 Å². The summed E-state index contributed by atoms with van der Waals surface area (Å²) < 4.78 is 0. The lowest BCUT2D eigenvalue weighted by Gasteiger charge is -2.23. The Kier molecular flexibility index (Phi) is 7.14. The molecule has 1 aliphatic rings. The van der Waals surface area contributed by atoms with Gasteiger partial charge in [0.15, 0.2) is 0 Å². The maximum atomic E-state index is 5.53. The molecular formula is C12H24N2S. The first kappa shape index (κ1) is 13.1. The van der Waals surface area contributed by atoms with E-state index in [1.165, 1.54) is 32.1 Å². The normalized spacial score (nSPS) is 20.1. The molecule has 1 aliphatic carbocycles. The van der Waals surface area contributed by atoms with Crippen LogP contribution in [-0.4, -0.2) is 17.0 Å². The van der Waals surface area contributed by atoms with Gasteiger partial charge in [0.05, 0.1) is 0 Å². The van der Waals surface area contributed by atoms with Gasteiger partial charge in [0.25, 0.3) is 0 Å². The predicted molar refractivity (Wildman–Crippen MR) is 69.9 cm³/mol. The van der Waals surface area contributed by atoms with Gasteiger partial charge in [0.2, 0.25) is 0 Å². The minimum absolute atomic E-state index is 0.454. The Bertz CT molecular complexity index is 167. The molecule has 0 aromatic heterocycles. The Morgan fingerprint density at radius 2 is 2.13 bits per heavy atom. The molecule has 0 radical (unpaired) electrons. The lowest BCUT2D eigenvalue weighted by Crippen LogP contribution is -2.37. The van der Waals surface area contributed by atoms with Crippen molar-refractivity contribution in [2.24, 2.45) is 5.84 Å². The van der Waals surface area contributed by atoms with Gasteiger partial charge < -0.3 is 0 Å². The van der Waals surface area contributed by atoms with Crippen LogP contribution in [0.4, 0.5) is 0 Å². The maximum Gasteiger partial charge on any atom is 0.0304 e. The van der Waals surface area contributed by atoms with Crippen LogP contribution in [0.25, 0.3) is 0 Å². The van der Waals surface area contributed by atoms with Crippen LogP contribution in [0.15, 0.2) is 12.7 Å². The summed E-state index contributed by atoms with van der Waals surface area (Å²) in [6.07, 6.45) is 11.2. The van der Waals surface area contributed by atoms with Crippen LogP contribution in [0.2, 0.25) is 0 Å². The fraction of sp³-hybridized carbons (Fsp3) is 0.833. The van der Waals surface area contributed by atoms with Crippen molar-refractivity contribution in [1.29, 1.82) is 0 Å². The van der Waals surface area contributed by atoms with Gasteiger partial charge in [-0.15, -0.1) is 6.58 Å². The smallest absolute Gasteiger partial charge is 0.0304 e. The Balaban J connectivity index is 2.11. The molecule has 0 aromatic rings. The quantitative estimate of drug-likeness (QED) is 0.400. The van der Waals surface area contributed by atoms with E-state index in [1.54, 1.807) is 0 Å². The number of thioether (sulfide) groups is 1. The zero-order valence-electron chi connectivity index (χ0n) is 9.58. The number of hydrogen-bond acceptors (Lipinski definition) is 3. The van der Waals surface area contributed by atoms with E-state index in [1.807, 2.05) is 6.08 Å². The van der Waals surface area contributed by atoms with Crippen LogP contribution in [-0.2, 0) is 0 Å². The largest absolute Gasteiger partial charge is 0.271 e. The fourth-order valence-corrected chi connectivity index (χ4v) is 3.45. The molecular weight excluding hydrogens is 204 g/mol. The molecule has 1 unspecified atom stereocenters. The second kappa shape index (κ2) is 8.20. The van der Waals surface area contributed by atoms with Gasteiger partial charge in [0, 0.05) is 17.0 Å². The molecule has 1 atom stereocenters. The van der Waals surface area contributed by atoms with Crippen molar-refractivity contribution in [2.75, 3.05) is 5.75 Å². The maximum absolute atomic E-state index is 5.53. The predicted octanol–water partition coefficient (Wildman–Crippen LogP) is 2.85. The number of nitrogens with two attached hydrogens (primary N) is 1. The first-order chi connectivity index (χ1) is 7.36. The zero-order chi connectivity index (χ0) is 10.9. The number of allylic oxidation sites excluding steroid dienone is 1. The SMILES string of the molecule is C=CCCC(CSC1CCCCC1)NN. The van der Waals surface area contributed by atoms with E-state index >= 15 is 0 Å². The van der Waals surface area contributed by atoms with Crippen molar-refractivity contribution < 1.29 is 0 Å². The molecule has 2 nitrogen and oxygen atoms in total. The van der Waals surface area contributed by atoms with E-state index in [0.717, 1.165) is 23.8 Å². The van der Waals surface area contributed by atoms with Crippen LogP contribution < -0.4 is 11.3 Å². The summed E-state index contributed by atoms with van der Waals surface area (Å²) in [6, 6.07) is 0.454. The average molecular weight is 228 g/mol. The first-order valence-corrected chi connectivity index (χ1v) is 7.10. The molecule has 1 saturated carbocycles. The van der Waals surface area contributed by atoms with Gasteiger partial charge in [-0.3, -0.25) is 11.3 Å². The van der Waals surface area contributed by atoms with Crippen molar-refractivity contribution in [3.05, 3.63) is 12.7 Å². The van der Waals surface area contributed by atoms with Crippen LogP contribution in [0.3, 0.4) is 0 Å². The molecule has 88 valence electrons. The molecule has 15 heavy (non-hydrogen) atoms. The standard InChI is InChI=1S/C12H24N2S/c1-2-3-7-11(14-13)10-15-12-8-5-4-6-9-12/h2,11-12,14H,1,3-10,13H2. The molecule has 0 heterocycles. The minimum Gasteiger partial charge on any atom is -0.271 e. The van der Waals surface area contributed by atoms with Crippen molar-refractivity contribution in [1.82, 2.24) is 5.43 Å². The Morgan fingerprint density at radius 1 is 1.40 bits per heavy atom. The molecule has 0 saturated heterocycles. The van der Waals surface area contributed by atoms with E-state index in [2.05, 4.69) is 23.8 Å². The lowest BCUT2D eigenvalue weighted by molar-refractivity contribution is 0.510. The zero-order valence-corrected chi connectivity index (χ0v) is 10.4. The Labute approximate surface area is 98.0 Å². The molecule has 0 spiro atoms. The highest BCUT2D eigenvalue weighted by Gasteiger charge is 2.15. The van der Waals surface area contributed by atoms with Gasteiger partial charge in [-0.2, -0.15) is 11.8 Å². The van der Waals surface area contributed by atoms with Crippen molar-refractivity contribution in [3.63, 3.8) is 0 Å². The Hall–Kier alpha value is 0.01000. The average Bonchev–Trinajstić information content (AvgIpc) is 2.31. The molecule has 0 amide bonds.